The largest absolute Gasteiger partial charge is 0.444 e. The quantitative estimate of drug-likeness (QED) is 0.796. The molecule has 1 aliphatic heterocycles. The number of rotatable bonds is 4. The maximum absolute atomic E-state index is 12.6. The van der Waals surface area contributed by atoms with Crippen LogP contribution in [0, 0.1) is 0 Å². The van der Waals surface area contributed by atoms with E-state index in [1.807, 2.05) is 45.0 Å². The van der Waals surface area contributed by atoms with Crippen LogP contribution in [0.3, 0.4) is 0 Å². The predicted molar refractivity (Wildman–Crippen MR) is 96.7 cm³/mol. The molecule has 0 aromatic heterocycles. The van der Waals surface area contributed by atoms with Gasteiger partial charge in [-0.15, -0.1) is 0 Å². The summed E-state index contributed by atoms with van der Waals surface area (Å²) in [6.07, 6.45) is -1.12. The van der Waals surface area contributed by atoms with Crippen LogP contribution in [0.4, 0.5) is 4.79 Å². The number of morpholine rings is 1. The number of benzene rings is 1. The minimum Gasteiger partial charge on any atom is -0.444 e. The van der Waals surface area contributed by atoms with Crippen molar-refractivity contribution < 1.29 is 19.4 Å². The van der Waals surface area contributed by atoms with Crippen molar-refractivity contribution in [3.8, 4) is 0 Å². The van der Waals surface area contributed by atoms with E-state index in [9.17, 15) is 9.90 Å². The van der Waals surface area contributed by atoms with Gasteiger partial charge in [0.05, 0.1) is 19.2 Å². The van der Waals surface area contributed by atoms with E-state index in [4.69, 9.17) is 21.1 Å². The number of aliphatic hydroxyl groups excluding tert-OH is 1. The topological polar surface area (TPSA) is 71.0 Å². The second-order valence-electron chi connectivity index (χ2n) is 7.22. The summed E-state index contributed by atoms with van der Waals surface area (Å²) in [4.78, 5) is 14.3. The Balaban J connectivity index is 2.14. The molecule has 6 nitrogen and oxygen atoms in total. The van der Waals surface area contributed by atoms with Gasteiger partial charge in [0.15, 0.2) is 0 Å². The molecule has 1 heterocycles. The Hall–Kier alpha value is -1.34. The summed E-state index contributed by atoms with van der Waals surface area (Å²) < 4.78 is 11.3. The highest BCUT2D eigenvalue weighted by molar-refractivity contribution is 6.30. The van der Waals surface area contributed by atoms with E-state index < -0.39 is 24.0 Å². The number of likely N-dealkylation sites (N-methyl/N-ethyl adjacent to an activating group) is 1. The first kappa shape index (κ1) is 20.0. The normalized spacial score (nSPS) is 22.6. The van der Waals surface area contributed by atoms with Gasteiger partial charge >= 0.3 is 6.09 Å². The average Bonchev–Trinajstić information content (AvgIpc) is 2.55. The number of ether oxygens (including phenoxy) is 2. The number of nitrogens with zero attached hydrogens (tertiary/aromatic N) is 1. The number of halogens is 1. The molecule has 140 valence electrons. The second kappa shape index (κ2) is 8.36. The molecule has 0 radical (unpaired) electrons. The maximum atomic E-state index is 12.6. The molecule has 3 atom stereocenters. The van der Waals surface area contributed by atoms with Crippen molar-refractivity contribution in [2.45, 2.75) is 51.2 Å². The highest BCUT2D eigenvalue weighted by Gasteiger charge is 2.37. The van der Waals surface area contributed by atoms with Crippen molar-refractivity contribution in [3.05, 3.63) is 34.9 Å². The van der Waals surface area contributed by atoms with Gasteiger partial charge in [-0.1, -0.05) is 23.7 Å². The standard InChI is InChI=1S/C18H27ClN2O4/c1-18(2,3)25-17(23)21-10-15(16(22)20-4)24-11-14(21)9-12-5-7-13(19)8-6-12/h5-8,14-16,20,22H,9-11H2,1-4H3. The van der Waals surface area contributed by atoms with Crippen molar-refractivity contribution in [3.63, 3.8) is 0 Å². The Morgan fingerprint density at radius 1 is 1.44 bits per heavy atom. The van der Waals surface area contributed by atoms with Gasteiger partial charge in [-0.2, -0.15) is 0 Å². The molecule has 0 saturated carbocycles. The second-order valence-corrected chi connectivity index (χ2v) is 7.66. The molecular weight excluding hydrogens is 344 g/mol. The SMILES string of the molecule is CNC(O)C1CN(C(=O)OC(C)(C)C)C(Cc2ccc(Cl)cc2)CO1. The van der Waals surface area contributed by atoms with E-state index >= 15 is 0 Å². The molecule has 0 aliphatic carbocycles. The first-order chi connectivity index (χ1) is 11.7. The fourth-order valence-electron chi connectivity index (χ4n) is 2.70. The lowest BCUT2D eigenvalue weighted by molar-refractivity contribution is -0.116. The lowest BCUT2D eigenvalue weighted by Crippen LogP contribution is -2.58. The Labute approximate surface area is 154 Å². The fraction of sp³-hybridized carbons (Fsp3) is 0.611. The molecule has 1 fully saturated rings. The smallest absolute Gasteiger partial charge is 0.410 e. The Morgan fingerprint density at radius 3 is 2.64 bits per heavy atom. The van der Waals surface area contributed by atoms with Crippen molar-refractivity contribution in [1.29, 1.82) is 0 Å². The van der Waals surface area contributed by atoms with Crippen LogP contribution >= 0.6 is 11.6 Å². The molecule has 1 aliphatic rings. The molecule has 1 aromatic carbocycles. The molecule has 1 amide bonds. The molecule has 1 saturated heterocycles. The number of nitrogens with one attached hydrogen (secondary N) is 1. The van der Waals surface area contributed by atoms with Crippen LogP contribution in [0.1, 0.15) is 26.3 Å². The summed E-state index contributed by atoms with van der Waals surface area (Å²) in [5, 5.41) is 13.4. The predicted octanol–water partition coefficient (Wildman–Crippen LogP) is 2.42. The van der Waals surface area contributed by atoms with E-state index in [1.54, 1.807) is 11.9 Å². The highest BCUT2D eigenvalue weighted by atomic mass is 35.5. The van der Waals surface area contributed by atoms with Gasteiger partial charge in [0.2, 0.25) is 0 Å². The Bertz CT molecular complexity index is 573. The van der Waals surface area contributed by atoms with Crippen LogP contribution < -0.4 is 5.32 Å². The zero-order valence-corrected chi connectivity index (χ0v) is 15.9. The van der Waals surface area contributed by atoms with Crippen LogP contribution in [0.25, 0.3) is 0 Å². The van der Waals surface area contributed by atoms with Gasteiger partial charge in [-0.25, -0.2) is 4.79 Å². The minimum atomic E-state index is -0.846. The number of carbonyl (C=O) groups excluding carboxylic acids is 1. The van der Waals surface area contributed by atoms with E-state index in [0.717, 1.165) is 5.56 Å². The fourth-order valence-corrected chi connectivity index (χ4v) is 2.83. The monoisotopic (exact) mass is 370 g/mol. The van der Waals surface area contributed by atoms with Crippen LogP contribution in [0.15, 0.2) is 24.3 Å². The minimum absolute atomic E-state index is 0.170. The molecule has 25 heavy (non-hydrogen) atoms. The molecule has 1 aromatic rings. The van der Waals surface area contributed by atoms with Gasteiger partial charge in [0.25, 0.3) is 0 Å². The van der Waals surface area contributed by atoms with Gasteiger partial charge < -0.3 is 14.6 Å². The molecule has 7 heteroatoms. The number of amides is 1. The molecular formula is C18H27ClN2O4. The number of hydrogen-bond donors (Lipinski definition) is 2. The lowest BCUT2D eigenvalue weighted by atomic mass is 10.0. The third kappa shape index (κ3) is 5.85. The van der Waals surface area contributed by atoms with Crippen molar-refractivity contribution in [2.75, 3.05) is 20.2 Å². The van der Waals surface area contributed by atoms with Gasteiger partial charge in [0.1, 0.15) is 17.9 Å². The zero-order chi connectivity index (χ0) is 18.6. The number of aliphatic hydroxyl groups is 1. The third-order valence-corrected chi connectivity index (χ3v) is 4.23. The summed E-state index contributed by atoms with van der Waals surface area (Å²) in [7, 11) is 1.64. The summed E-state index contributed by atoms with van der Waals surface area (Å²) in [6, 6.07) is 7.35. The van der Waals surface area contributed by atoms with Gasteiger partial charge in [-0.3, -0.25) is 10.2 Å². The number of hydrogen-bond acceptors (Lipinski definition) is 5. The molecule has 0 spiro atoms. The van der Waals surface area contributed by atoms with Gasteiger partial charge in [0, 0.05) is 5.02 Å². The van der Waals surface area contributed by atoms with Crippen molar-refractivity contribution in [1.82, 2.24) is 10.2 Å². The van der Waals surface area contributed by atoms with Crippen LogP contribution in [-0.2, 0) is 15.9 Å². The lowest BCUT2D eigenvalue weighted by Gasteiger charge is -2.41. The van der Waals surface area contributed by atoms with Crippen molar-refractivity contribution in [2.24, 2.45) is 0 Å². The molecule has 2 N–H and O–H groups in total. The third-order valence-electron chi connectivity index (χ3n) is 3.98. The summed E-state index contributed by atoms with van der Waals surface area (Å²) in [5.41, 5.74) is 0.469. The Kier molecular flexibility index (Phi) is 6.68. The highest BCUT2D eigenvalue weighted by Crippen LogP contribution is 2.21. The Morgan fingerprint density at radius 2 is 2.08 bits per heavy atom. The first-order valence-electron chi connectivity index (χ1n) is 8.40. The maximum Gasteiger partial charge on any atom is 0.410 e. The van der Waals surface area contributed by atoms with Crippen LogP contribution in [0.2, 0.25) is 5.02 Å². The summed E-state index contributed by atoms with van der Waals surface area (Å²) in [5.74, 6) is 0. The molecule has 3 unspecified atom stereocenters. The van der Waals surface area contributed by atoms with E-state index in [1.165, 1.54) is 0 Å². The average molecular weight is 371 g/mol. The van der Waals surface area contributed by atoms with Gasteiger partial charge in [-0.05, 0) is 51.9 Å². The first-order valence-corrected chi connectivity index (χ1v) is 8.78. The number of carbonyl (C=O) groups is 1. The van der Waals surface area contributed by atoms with Crippen LogP contribution in [0.5, 0.6) is 0 Å². The zero-order valence-electron chi connectivity index (χ0n) is 15.2. The molecule has 0 bridgehead atoms. The summed E-state index contributed by atoms with van der Waals surface area (Å²) in [6.45, 7) is 6.08. The van der Waals surface area contributed by atoms with E-state index in [2.05, 4.69) is 5.32 Å². The van der Waals surface area contributed by atoms with Crippen LogP contribution in [-0.4, -0.2) is 60.3 Å². The molecule has 2 rings (SSSR count). The van der Waals surface area contributed by atoms with E-state index in [0.29, 0.717) is 18.1 Å². The van der Waals surface area contributed by atoms with Crippen molar-refractivity contribution >= 4 is 17.7 Å². The van der Waals surface area contributed by atoms with E-state index in [-0.39, 0.29) is 12.6 Å². The summed E-state index contributed by atoms with van der Waals surface area (Å²) >= 11 is 5.93.